The molecule has 18 heavy (non-hydrogen) atoms. The zero-order valence-electron chi connectivity index (χ0n) is 9.77. The summed E-state index contributed by atoms with van der Waals surface area (Å²) in [6.07, 6.45) is 0. The van der Waals surface area contributed by atoms with Crippen LogP contribution >= 0.6 is 11.6 Å². The van der Waals surface area contributed by atoms with Crippen LogP contribution in [-0.4, -0.2) is 10.9 Å². The number of anilines is 2. The molecule has 1 amide bonds. The molecule has 2 aromatic rings. The Bertz CT molecular complexity index is 599. The number of carbonyl (C=O) groups is 1. The normalized spacial score (nSPS) is 10.1. The molecule has 1 aromatic carbocycles. The molecule has 0 spiro atoms. The standard InChI is InChI=1S/C13H12ClN3O/c1-8-3-2-4-12(16-8)17-13(18)10-7-9(15)5-6-11(10)14/h2-7H,15H2,1H3,(H,16,17,18). The van der Waals surface area contributed by atoms with E-state index in [1.807, 2.05) is 19.1 Å². The van der Waals surface area contributed by atoms with E-state index < -0.39 is 0 Å². The van der Waals surface area contributed by atoms with Gasteiger partial charge in [-0.25, -0.2) is 4.98 Å². The second kappa shape index (κ2) is 5.06. The number of aryl methyl sites for hydroxylation is 1. The maximum atomic E-state index is 12.0. The number of aromatic nitrogens is 1. The van der Waals surface area contributed by atoms with Crippen molar-refractivity contribution >= 4 is 29.0 Å². The molecule has 2 rings (SSSR count). The summed E-state index contributed by atoms with van der Waals surface area (Å²) in [5.74, 6) is 0.156. The molecule has 0 atom stereocenters. The van der Waals surface area contributed by atoms with Crippen LogP contribution in [0.2, 0.25) is 5.02 Å². The molecule has 3 N–H and O–H groups in total. The van der Waals surface area contributed by atoms with E-state index in [1.165, 1.54) is 6.07 Å². The van der Waals surface area contributed by atoms with Gasteiger partial charge in [0.2, 0.25) is 0 Å². The van der Waals surface area contributed by atoms with E-state index in [-0.39, 0.29) is 5.91 Å². The van der Waals surface area contributed by atoms with Crippen molar-refractivity contribution in [1.29, 1.82) is 0 Å². The number of nitrogens with one attached hydrogen (secondary N) is 1. The van der Waals surface area contributed by atoms with Crippen LogP contribution in [-0.2, 0) is 0 Å². The number of carbonyl (C=O) groups excluding carboxylic acids is 1. The predicted octanol–water partition coefficient (Wildman–Crippen LogP) is 2.88. The minimum atomic E-state index is -0.328. The molecule has 92 valence electrons. The summed E-state index contributed by atoms with van der Waals surface area (Å²) in [5.41, 5.74) is 7.27. The molecule has 0 radical (unpaired) electrons. The highest BCUT2D eigenvalue weighted by Crippen LogP contribution is 2.20. The molecule has 0 aliphatic rings. The molecular weight excluding hydrogens is 250 g/mol. The Kier molecular flexibility index (Phi) is 3.48. The van der Waals surface area contributed by atoms with E-state index >= 15 is 0 Å². The van der Waals surface area contributed by atoms with Gasteiger partial charge in [0.15, 0.2) is 0 Å². The van der Waals surface area contributed by atoms with Crippen molar-refractivity contribution in [3.63, 3.8) is 0 Å². The fourth-order valence-electron chi connectivity index (χ4n) is 1.51. The third kappa shape index (κ3) is 2.78. The molecule has 0 aliphatic carbocycles. The van der Waals surface area contributed by atoms with Gasteiger partial charge in [0.1, 0.15) is 5.82 Å². The summed E-state index contributed by atoms with van der Waals surface area (Å²) < 4.78 is 0. The molecule has 1 heterocycles. The zero-order chi connectivity index (χ0) is 13.1. The van der Waals surface area contributed by atoms with Crippen LogP contribution in [0.1, 0.15) is 16.1 Å². The molecule has 0 aliphatic heterocycles. The van der Waals surface area contributed by atoms with Gasteiger partial charge in [-0.3, -0.25) is 4.79 Å². The number of nitrogen functional groups attached to an aromatic ring is 1. The lowest BCUT2D eigenvalue weighted by molar-refractivity contribution is 0.102. The largest absolute Gasteiger partial charge is 0.399 e. The summed E-state index contributed by atoms with van der Waals surface area (Å²) in [4.78, 5) is 16.2. The Morgan fingerprint density at radius 2 is 2.11 bits per heavy atom. The number of nitrogens with zero attached hydrogens (tertiary/aromatic N) is 1. The van der Waals surface area contributed by atoms with Gasteiger partial charge in [0.25, 0.3) is 5.91 Å². The summed E-state index contributed by atoms with van der Waals surface area (Å²) in [7, 11) is 0. The molecule has 5 heteroatoms. The number of nitrogens with two attached hydrogens (primary N) is 1. The highest BCUT2D eigenvalue weighted by Gasteiger charge is 2.11. The molecule has 1 aromatic heterocycles. The molecule has 0 unspecified atom stereocenters. The Balaban J connectivity index is 2.24. The van der Waals surface area contributed by atoms with E-state index in [0.717, 1.165) is 5.69 Å². The minimum Gasteiger partial charge on any atom is -0.399 e. The summed E-state index contributed by atoms with van der Waals surface area (Å²) in [6, 6.07) is 10.2. The van der Waals surface area contributed by atoms with Gasteiger partial charge < -0.3 is 11.1 Å². The van der Waals surface area contributed by atoms with E-state index in [1.54, 1.807) is 18.2 Å². The maximum absolute atomic E-state index is 12.0. The SMILES string of the molecule is Cc1cccc(NC(=O)c2cc(N)ccc2Cl)n1. The van der Waals surface area contributed by atoms with Crippen LogP contribution < -0.4 is 11.1 Å². The Hall–Kier alpha value is -2.07. The van der Waals surface area contributed by atoms with Crippen molar-refractivity contribution in [1.82, 2.24) is 4.98 Å². The lowest BCUT2D eigenvalue weighted by Gasteiger charge is -2.07. The number of pyridine rings is 1. The number of hydrogen-bond acceptors (Lipinski definition) is 3. The van der Waals surface area contributed by atoms with Crippen LogP contribution in [0.25, 0.3) is 0 Å². The van der Waals surface area contributed by atoms with Crippen LogP contribution in [0.15, 0.2) is 36.4 Å². The number of amides is 1. The first kappa shape index (κ1) is 12.4. The average Bonchev–Trinajstić information content (AvgIpc) is 2.32. The van der Waals surface area contributed by atoms with E-state index in [2.05, 4.69) is 10.3 Å². The van der Waals surface area contributed by atoms with Crippen molar-refractivity contribution in [3.8, 4) is 0 Å². The lowest BCUT2D eigenvalue weighted by Crippen LogP contribution is -2.14. The first-order valence-corrected chi connectivity index (χ1v) is 5.74. The molecule has 0 bridgehead atoms. The van der Waals surface area contributed by atoms with Crippen molar-refractivity contribution in [2.45, 2.75) is 6.92 Å². The van der Waals surface area contributed by atoms with Gasteiger partial charge in [0.05, 0.1) is 10.6 Å². The quantitative estimate of drug-likeness (QED) is 0.817. The maximum Gasteiger partial charge on any atom is 0.258 e. The highest BCUT2D eigenvalue weighted by atomic mass is 35.5. The van der Waals surface area contributed by atoms with E-state index in [4.69, 9.17) is 17.3 Å². The predicted molar refractivity (Wildman–Crippen MR) is 72.8 cm³/mol. The fraction of sp³-hybridized carbons (Fsp3) is 0.0769. The highest BCUT2D eigenvalue weighted by molar-refractivity contribution is 6.34. The lowest BCUT2D eigenvalue weighted by atomic mass is 10.2. The average molecular weight is 262 g/mol. The van der Waals surface area contributed by atoms with Gasteiger partial charge in [0, 0.05) is 11.4 Å². The smallest absolute Gasteiger partial charge is 0.258 e. The molecule has 0 saturated carbocycles. The number of rotatable bonds is 2. The van der Waals surface area contributed by atoms with Gasteiger partial charge in [-0.15, -0.1) is 0 Å². The Morgan fingerprint density at radius 3 is 2.83 bits per heavy atom. The van der Waals surface area contributed by atoms with E-state index in [0.29, 0.717) is 22.1 Å². The molecular formula is C13H12ClN3O. The van der Waals surface area contributed by atoms with Crippen molar-refractivity contribution in [2.75, 3.05) is 11.1 Å². The Morgan fingerprint density at radius 1 is 1.33 bits per heavy atom. The molecule has 0 saturated heterocycles. The Labute approximate surface area is 110 Å². The van der Waals surface area contributed by atoms with Crippen molar-refractivity contribution in [3.05, 3.63) is 52.7 Å². The second-order valence-corrected chi connectivity index (χ2v) is 4.26. The van der Waals surface area contributed by atoms with Gasteiger partial charge in [-0.1, -0.05) is 17.7 Å². The van der Waals surface area contributed by atoms with Crippen LogP contribution in [0.3, 0.4) is 0 Å². The van der Waals surface area contributed by atoms with Crippen molar-refractivity contribution in [2.24, 2.45) is 0 Å². The summed E-state index contributed by atoms with van der Waals surface area (Å²) >= 11 is 5.95. The van der Waals surface area contributed by atoms with Crippen LogP contribution in [0.4, 0.5) is 11.5 Å². The molecule has 4 nitrogen and oxygen atoms in total. The number of hydrogen-bond donors (Lipinski definition) is 2. The topological polar surface area (TPSA) is 68.0 Å². The van der Waals surface area contributed by atoms with Gasteiger partial charge in [-0.05, 0) is 37.3 Å². The minimum absolute atomic E-state index is 0.328. The first-order valence-electron chi connectivity index (χ1n) is 5.36. The fourth-order valence-corrected chi connectivity index (χ4v) is 1.72. The van der Waals surface area contributed by atoms with Gasteiger partial charge >= 0.3 is 0 Å². The van der Waals surface area contributed by atoms with Crippen LogP contribution in [0.5, 0.6) is 0 Å². The summed E-state index contributed by atoms with van der Waals surface area (Å²) in [5, 5.41) is 3.03. The van der Waals surface area contributed by atoms with Crippen LogP contribution in [0, 0.1) is 6.92 Å². The third-order valence-electron chi connectivity index (χ3n) is 2.36. The van der Waals surface area contributed by atoms with E-state index in [9.17, 15) is 4.79 Å². The number of benzene rings is 1. The zero-order valence-corrected chi connectivity index (χ0v) is 10.5. The van der Waals surface area contributed by atoms with Crippen molar-refractivity contribution < 1.29 is 4.79 Å². The molecule has 0 fully saturated rings. The van der Waals surface area contributed by atoms with Gasteiger partial charge in [-0.2, -0.15) is 0 Å². The number of halogens is 1. The first-order chi connectivity index (χ1) is 8.56. The second-order valence-electron chi connectivity index (χ2n) is 3.86. The third-order valence-corrected chi connectivity index (χ3v) is 2.69. The summed E-state index contributed by atoms with van der Waals surface area (Å²) in [6.45, 7) is 1.85. The monoisotopic (exact) mass is 261 g/mol.